The third kappa shape index (κ3) is 7.28. The minimum atomic E-state index is -1.68. The van der Waals surface area contributed by atoms with Crippen LogP contribution < -0.4 is 10.4 Å². The molecule has 3 aromatic rings. The summed E-state index contributed by atoms with van der Waals surface area (Å²) in [6.07, 6.45) is 5.09. The van der Waals surface area contributed by atoms with E-state index in [0.717, 1.165) is 6.42 Å². The Labute approximate surface area is 261 Å². The van der Waals surface area contributed by atoms with Crippen molar-refractivity contribution in [2.45, 2.75) is 100 Å². The van der Waals surface area contributed by atoms with Crippen LogP contribution in [0.5, 0.6) is 0 Å². The van der Waals surface area contributed by atoms with Gasteiger partial charge in [0.05, 0.1) is 0 Å². The van der Waals surface area contributed by atoms with Crippen LogP contribution in [0.3, 0.4) is 0 Å². The Morgan fingerprint density at radius 1 is 0.625 bits per heavy atom. The molecule has 0 unspecified atom stereocenters. The second-order valence-electron chi connectivity index (χ2n) is 14.4. The van der Waals surface area contributed by atoms with E-state index < -0.39 is 8.80 Å². The van der Waals surface area contributed by atoms with Crippen LogP contribution in [0.4, 0.5) is 0 Å². The smallest absolute Gasteiger partial charge is 0.109 e. The Morgan fingerprint density at radius 2 is 1.02 bits per heavy atom. The molecule has 0 radical (unpaired) electrons. The zero-order valence-electron chi connectivity index (χ0n) is 27.1. The second-order valence-corrected chi connectivity index (χ2v) is 17.3. The quantitative estimate of drug-likeness (QED) is 0.209. The van der Waals surface area contributed by atoms with Crippen LogP contribution in [0.1, 0.15) is 101 Å². The van der Waals surface area contributed by atoms with E-state index in [-0.39, 0.29) is 32.5 Å². The molecule has 4 rings (SSSR count). The van der Waals surface area contributed by atoms with Crippen molar-refractivity contribution in [3.63, 3.8) is 0 Å². The third-order valence-corrected chi connectivity index (χ3v) is 11.1. The minimum absolute atomic E-state index is 0. The van der Waals surface area contributed by atoms with Crippen molar-refractivity contribution in [3.05, 3.63) is 110 Å². The van der Waals surface area contributed by atoms with Crippen molar-refractivity contribution >= 4 is 24.7 Å². The average Bonchev–Trinajstić information content (AvgIpc) is 3.22. The number of hydrogen-bond acceptors (Lipinski definition) is 0. The number of benzene rings is 3. The molecule has 0 amide bonds. The van der Waals surface area contributed by atoms with Gasteiger partial charge in [0.2, 0.25) is 0 Å². The Balaban J connectivity index is 0.00000441. The van der Waals surface area contributed by atoms with Crippen molar-refractivity contribution in [3.8, 4) is 0 Å². The maximum atomic E-state index is 4.09. The zero-order valence-corrected chi connectivity index (χ0v) is 29.8. The molecule has 0 fully saturated rings. The van der Waals surface area contributed by atoms with Crippen LogP contribution in [-0.2, 0) is 32.5 Å². The Morgan fingerprint density at radius 3 is 1.38 bits per heavy atom. The molecular weight excluding hydrogens is 532 g/mol. The van der Waals surface area contributed by atoms with Gasteiger partial charge in [0.1, 0.15) is 8.80 Å². The monoisotopic (exact) mass is 581 g/mol. The molecule has 0 heterocycles. The molecule has 0 aromatic heterocycles. The van der Waals surface area contributed by atoms with Crippen molar-refractivity contribution < 1.29 is 21.7 Å². The molecule has 0 aliphatic heterocycles. The van der Waals surface area contributed by atoms with Gasteiger partial charge in [-0.2, -0.15) is 10.8 Å². The van der Waals surface area contributed by atoms with Crippen LogP contribution in [0.25, 0.3) is 5.57 Å². The zero-order chi connectivity index (χ0) is 28.9. The standard InChI is InChI=1S/C38H49Si.Ti/c1-24(2)35-22-34(23-36(35)29-19-30(37(7,8)9)21-31(20-29)38(10,11)12)39(32-15-25(3)13-26(4)16-32)33-17-27(5)14-28(6)18-33;/h13-21,24,39H,23H2,1-12H3;/q-1;. The molecule has 3 aromatic carbocycles. The van der Waals surface area contributed by atoms with Gasteiger partial charge in [-0.05, 0) is 49.7 Å². The third-order valence-electron chi connectivity index (χ3n) is 8.08. The number of allylic oxidation sites excluding steroid dienone is 4. The first-order valence-corrected chi connectivity index (χ1v) is 16.4. The number of hydrogen-bond donors (Lipinski definition) is 0. The first-order chi connectivity index (χ1) is 18.0. The second kappa shape index (κ2) is 12.1. The van der Waals surface area contributed by atoms with E-state index in [1.165, 1.54) is 65.7 Å². The van der Waals surface area contributed by atoms with E-state index in [1.807, 2.05) is 0 Å². The molecule has 0 saturated carbocycles. The van der Waals surface area contributed by atoms with Crippen molar-refractivity contribution in [2.24, 2.45) is 5.92 Å². The molecular formula is C38H49SiTi-. The van der Waals surface area contributed by atoms with Crippen molar-refractivity contribution in [2.75, 3.05) is 0 Å². The average molecular weight is 582 g/mol. The van der Waals surface area contributed by atoms with Crippen LogP contribution >= 0.6 is 0 Å². The maximum absolute atomic E-state index is 4.09. The molecule has 0 bridgehead atoms. The predicted molar refractivity (Wildman–Crippen MR) is 175 cm³/mol. The van der Waals surface area contributed by atoms with Crippen molar-refractivity contribution in [1.82, 2.24) is 0 Å². The van der Waals surface area contributed by atoms with Gasteiger partial charge in [-0.3, -0.25) is 6.08 Å². The molecule has 1 aliphatic rings. The van der Waals surface area contributed by atoms with E-state index in [4.69, 9.17) is 0 Å². The van der Waals surface area contributed by atoms with Crippen LogP contribution in [-0.4, -0.2) is 8.80 Å². The summed E-state index contributed by atoms with van der Waals surface area (Å²) >= 11 is 0. The molecule has 210 valence electrons. The fourth-order valence-corrected chi connectivity index (χ4v) is 9.73. The Hall–Kier alpha value is -1.93. The predicted octanol–water partition coefficient (Wildman–Crippen LogP) is 8.64. The molecule has 0 nitrogen and oxygen atoms in total. The van der Waals surface area contributed by atoms with Gasteiger partial charge in [0, 0.05) is 21.7 Å². The summed E-state index contributed by atoms with van der Waals surface area (Å²) in [4.78, 5) is 0. The number of rotatable bonds is 5. The van der Waals surface area contributed by atoms with Gasteiger partial charge >= 0.3 is 0 Å². The topological polar surface area (TPSA) is 0 Å². The summed E-state index contributed by atoms with van der Waals surface area (Å²) in [6.45, 7) is 27.7. The van der Waals surface area contributed by atoms with Crippen molar-refractivity contribution in [1.29, 1.82) is 0 Å². The molecule has 0 spiro atoms. The van der Waals surface area contributed by atoms with Gasteiger partial charge in [-0.15, -0.1) is 5.56 Å². The van der Waals surface area contributed by atoms with Crippen LogP contribution in [0, 0.1) is 39.7 Å². The summed E-state index contributed by atoms with van der Waals surface area (Å²) in [6, 6.07) is 21.8. The summed E-state index contributed by atoms with van der Waals surface area (Å²) < 4.78 is 0. The Kier molecular flexibility index (Phi) is 9.88. The normalized spacial score (nSPS) is 14.2. The van der Waals surface area contributed by atoms with E-state index >= 15 is 0 Å². The fourth-order valence-electron chi connectivity index (χ4n) is 6.12. The first kappa shape index (κ1) is 32.6. The summed E-state index contributed by atoms with van der Waals surface area (Å²) in [5.41, 5.74) is 12.8. The largest absolute Gasteiger partial charge is 0.252 e. The number of aryl methyl sites for hydroxylation is 4. The van der Waals surface area contributed by atoms with Gasteiger partial charge in [0.15, 0.2) is 0 Å². The SMILES string of the molecule is Cc1cc(C)cc([SiH](C2=[C-]C(C(C)C)=C(c3cc(C(C)(C)C)cc(C(C)(C)C)c3)C2)c2cc(C)cc(C)c2)c1.[Ti]. The van der Waals surface area contributed by atoms with E-state index in [2.05, 4.69) is 144 Å². The van der Waals surface area contributed by atoms with Crippen LogP contribution in [0.15, 0.2) is 65.4 Å². The summed E-state index contributed by atoms with van der Waals surface area (Å²) in [5.74, 6) is 0.432. The van der Waals surface area contributed by atoms with E-state index in [9.17, 15) is 0 Å². The molecule has 2 heteroatoms. The minimum Gasteiger partial charge on any atom is -0.252 e. The fraction of sp³-hybridized carbons (Fsp3) is 0.421. The first-order valence-electron chi connectivity index (χ1n) is 14.7. The van der Waals surface area contributed by atoms with Gasteiger partial charge in [-0.1, -0.05) is 155 Å². The van der Waals surface area contributed by atoms with E-state index in [0.29, 0.717) is 5.92 Å². The summed E-state index contributed by atoms with van der Waals surface area (Å²) in [5, 5.41) is 4.56. The summed E-state index contributed by atoms with van der Waals surface area (Å²) in [7, 11) is -1.68. The van der Waals surface area contributed by atoms with E-state index in [1.54, 1.807) is 0 Å². The molecule has 0 N–H and O–H groups in total. The maximum Gasteiger partial charge on any atom is 0.109 e. The van der Waals surface area contributed by atoms with Gasteiger partial charge in [0.25, 0.3) is 0 Å². The van der Waals surface area contributed by atoms with Gasteiger partial charge < -0.3 is 0 Å². The molecule has 1 aliphatic carbocycles. The molecule has 0 saturated heterocycles. The molecule has 40 heavy (non-hydrogen) atoms. The Bertz CT molecular complexity index is 1330. The van der Waals surface area contributed by atoms with Crippen LogP contribution in [0.2, 0.25) is 0 Å². The van der Waals surface area contributed by atoms with Gasteiger partial charge in [-0.25, -0.2) is 5.57 Å². The molecule has 0 atom stereocenters.